The van der Waals surface area contributed by atoms with Crippen LogP contribution in [-0.4, -0.2) is 18.5 Å². The Labute approximate surface area is 181 Å². The zero-order chi connectivity index (χ0) is 21.9. The molecule has 0 N–H and O–H groups in total. The topological polar surface area (TPSA) is 52.6 Å². The molecular formula is C25H39FO4. The van der Waals surface area contributed by atoms with Crippen molar-refractivity contribution in [3.8, 4) is 0 Å². The Bertz CT molecular complexity index is 571. The fourth-order valence-electron chi connectivity index (χ4n) is 3.22. The normalized spacial score (nSPS) is 10.7. The molecule has 0 fully saturated rings. The minimum absolute atomic E-state index is 0.114. The van der Waals surface area contributed by atoms with E-state index in [9.17, 15) is 14.0 Å². The second-order valence-corrected chi connectivity index (χ2v) is 7.90. The highest BCUT2D eigenvalue weighted by Crippen LogP contribution is 2.11. The fourth-order valence-corrected chi connectivity index (χ4v) is 3.22. The molecule has 30 heavy (non-hydrogen) atoms. The summed E-state index contributed by atoms with van der Waals surface area (Å²) in [6, 6.07) is 5.81. The summed E-state index contributed by atoms with van der Waals surface area (Å²) in [6.07, 6.45) is 14.7. The van der Waals surface area contributed by atoms with Gasteiger partial charge in [-0.2, -0.15) is 0 Å². The van der Waals surface area contributed by atoms with Crippen molar-refractivity contribution >= 4 is 11.9 Å². The second-order valence-electron chi connectivity index (χ2n) is 7.90. The molecule has 0 unspecified atom stereocenters. The summed E-state index contributed by atoms with van der Waals surface area (Å²) in [5.74, 6) is -0.942. The number of hydrogen-bond donors (Lipinski definition) is 0. The summed E-state index contributed by atoms with van der Waals surface area (Å²) >= 11 is 0. The Morgan fingerprint density at radius 1 is 0.700 bits per heavy atom. The molecule has 0 aromatic heterocycles. The van der Waals surface area contributed by atoms with E-state index in [1.54, 1.807) is 12.1 Å². The van der Waals surface area contributed by atoms with Gasteiger partial charge in [0.1, 0.15) is 12.4 Å². The van der Waals surface area contributed by atoms with Crippen molar-refractivity contribution in [1.29, 1.82) is 0 Å². The lowest BCUT2D eigenvalue weighted by Gasteiger charge is -2.06. The van der Waals surface area contributed by atoms with E-state index in [1.807, 2.05) is 0 Å². The highest BCUT2D eigenvalue weighted by atomic mass is 19.1. The zero-order valence-corrected chi connectivity index (χ0v) is 18.6. The Morgan fingerprint density at radius 2 is 1.20 bits per heavy atom. The molecule has 0 amide bonds. The van der Waals surface area contributed by atoms with Crippen molar-refractivity contribution in [2.75, 3.05) is 6.61 Å². The Kier molecular flexibility index (Phi) is 15.6. The molecule has 0 aliphatic rings. The molecule has 0 saturated heterocycles. The van der Waals surface area contributed by atoms with Gasteiger partial charge < -0.3 is 9.47 Å². The van der Waals surface area contributed by atoms with Gasteiger partial charge in [0.2, 0.25) is 0 Å². The minimum Gasteiger partial charge on any atom is -0.466 e. The summed E-state index contributed by atoms with van der Waals surface area (Å²) in [4.78, 5) is 23.4. The number of carbonyl (C=O) groups is 2. The summed E-state index contributed by atoms with van der Waals surface area (Å²) in [7, 11) is 0. The van der Waals surface area contributed by atoms with Gasteiger partial charge >= 0.3 is 11.9 Å². The lowest BCUT2D eigenvalue weighted by Crippen LogP contribution is -2.09. The van der Waals surface area contributed by atoms with Crippen LogP contribution in [0, 0.1) is 5.82 Å². The van der Waals surface area contributed by atoms with Crippen LogP contribution in [0.1, 0.15) is 102 Å². The van der Waals surface area contributed by atoms with Crippen LogP contribution in [0.5, 0.6) is 0 Å². The van der Waals surface area contributed by atoms with Gasteiger partial charge in [-0.15, -0.1) is 0 Å². The van der Waals surface area contributed by atoms with Gasteiger partial charge in [0.05, 0.1) is 6.61 Å². The molecule has 1 aromatic carbocycles. The molecule has 0 bridgehead atoms. The van der Waals surface area contributed by atoms with E-state index in [-0.39, 0.29) is 37.2 Å². The molecule has 0 aliphatic carbocycles. The third-order valence-corrected chi connectivity index (χ3v) is 5.09. The number of rotatable bonds is 18. The van der Waals surface area contributed by atoms with Crippen LogP contribution in [0.15, 0.2) is 24.3 Å². The number of unbranched alkanes of at least 4 members (excludes halogenated alkanes) is 10. The number of esters is 2. The Hall–Kier alpha value is -1.91. The molecule has 0 spiro atoms. The van der Waals surface area contributed by atoms with E-state index >= 15 is 0 Å². The standard InChI is InChI=1S/C25H39FO4/c1-2-3-4-5-6-7-8-9-10-11-12-20-29-24(27)14-13-15-25(28)30-21-22-16-18-23(26)19-17-22/h16-19H,2-15,20-21H2,1H3. The van der Waals surface area contributed by atoms with Crippen LogP contribution in [0.2, 0.25) is 0 Å². The molecule has 170 valence electrons. The molecule has 1 rings (SSSR count). The molecule has 4 nitrogen and oxygen atoms in total. The van der Waals surface area contributed by atoms with Crippen molar-refractivity contribution in [1.82, 2.24) is 0 Å². The summed E-state index contributed by atoms with van der Waals surface area (Å²) in [5, 5.41) is 0. The first-order valence-electron chi connectivity index (χ1n) is 11.7. The van der Waals surface area contributed by atoms with Crippen LogP contribution in [0.3, 0.4) is 0 Å². The summed E-state index contributed by atoms with van der Waals surface area (Å²) in [6.45, 7) is 2.82. The van der Waals surface area contributed by atoms with Crippen LogP contribution >= 0.6 is 0 Å². The first kappa shape index (κ1) is 26.1. The van der Waals surface area contributed by atoms with Gasteiger partial charge in [0, 0.05) is 12.8 Å². The largest absolute Gasteiger partial charge is 0.466 e. The Balaban J connectivity index is 1.87. The van der Waals surface area contributed by atoms with Crippen LogP contribution < -0.4 is 0 Å². The average molecular weight is 423 g/mol. The number of hydrogen-bond acceptors (Lipinski definition) is 4. The molecule has 0 heterocycles. The zero-order valence-electron chi connectivity index (χ0n) is 18.6. The number of benzene rings is 1. The quantitative estimate of drug-likeness (QED) is 0.191. The maximum atomic E-state index is 12.8. The third kappa shape index (κ3) is 15.0. The van der Waals surface area contributed by atoms with Crippen LogP contribution in [0.4, 0.5) is 4.39 Å². The maximum absolute atomic E-state index is 12.8. The number of ether oxygens (including phenoxy) is 2. The first-order valence-corrected chi connectivity index (χ1v) is 11.7. The lowest BCUT2D eigenvalue weighted by atomic mass is 10.1. The highest BCUT2D eigenvalue weighted by molar-refractivity contribution is 5.72. The van der Waals surface area contributed by atoms with E-state index in [2.05, 4.69) is 6.92 Å². The predicted molar refractivity (Wildman–Crippen MR) is 117 cm³/mol. The van der Waals surface area contributed by atoms with Gasteiger partial charge in [0.15, 0.2) is 0 Å². The van der Waals surface area contributed by atoms with Gasteiger partial charge in [0.25, 0.3) is 0 Å². The van der Waals surface area contributed by atoms with Crippen molar-refractivity contribution in [3.63, 3.8) is 0 Å². The molecule has 0 atom stereocenters. The summed E-state index contributed by atoms with van der Waals surface area (Å²) in [5.41, 5.74) is 0.733. The molecule has 1 aromatic rings. The molecule has 0 saturated carbocycles. The van der Waals surface area contributed by atoms with Gasteiger partial charge in [-0.05, 0) is 30.5 Å². The van der Waals surface area contributed by atoms with Crippen LogP contribution in [0.25, 0.3) is 0 Å². The van der Waals surface area contributed by atoms with Crippen LogP contribution in [-0.2, 0) is 25.7 Å². The van der Waals surface area contributed by atoms with Gasteiger partial charge in [-0.25, -0.2) is 4.39 Å². The second kappa shape index (κ2) is 17.9. The number of carbonyl (C=O) groups excluding carboxylic acids is 2. The van der Waals surface area contributed by atoms with Gasteiger partial charge in [-0.1, -0.05) is 83.3 Å². The van der Waals surface area contributed by atoms with E-state index in [0.29, 0.717) is 13.0 Å². The Morgan fingerprint density at radius 3 is 1.77 bits per heavy atom. The van der Waals surface area contributed by atoms with Gasteiger partial charge in [-0.3, -0.25) is 9.59 Å². The monoisotopic (exact) mass is 422 g/mol. The highest BCUT2D eigenvalue weighted by Gasteiger charge is 2.08. The lowest BCUT2D eigenvalue weighted by molar-refractivity contribution is -0.146. The summed E-state index contributed by atoms with van der Waals surface area (Å²) < 4.78 is 23.1. The first-order chi connectivity index (χ1) is 14.6. The molecule has 5 heteroatoms. The van der Waals surface area contributed by atoms with Crippen molar-refractivity contribution in [2.24, 2.45) is 0 Å². The third-order valence-electron chi connectivity index (χ3n) is 5.09. The minimum atomic E-state index is -0.363. The fraction of sp³-hybridized carbons (Fsp3) is 0.680. The SMILES string of the molecule is CCCCCCCCCCCCCOC(=O)CCCC(=O)OCc1ccc(F)cc1. The van der Waals surface area contributed by atoms with Crippen molar-refractivity contribution < 1.29 is 23.5 Å². The molecule has 0 aliphatic heterocycles. The predicted octanol–water partition coefficient (Wildman–Crippen LogP) is 6.89. The van der Waals surface area contributed by atoms with E-state index in [1.165, 1.54) is 69.9 Å². The smallest absolute Gasteiger partial charge is 0.306 e. The average Bonchev–Trinajstić information content (AvgIpc) is 2.74. The van der Waals surface area contributed by atoms with Crippen molar-refractivity contribution in [2.45, 2.75) is 103 Å². The molecule has 0 radical (unpaired) electrons. The van der Waals surface area contributed by atoms with E-state index in [0.717, 1.165) is 18.4 Å². The maximum Gasteiger partial charge on any atom is 0.306 e. The van der Waals surface area contributed by atoms with Crippen molar-refractivity contribution in [3.05, 3.63) is 35.6 Å². The van der Waals surface area contributed by atoms with E-state index in [4.69, 9.17) is 9.47 Å². The van der Waals surface area contributed by atoms with E-state index < -0.39 is 0 Å². The molecular weight excluding hydrogens is 383 g/mol. The number of halogens is 1.